The summed E-state index contributed by atoms with van der Waals surface area (Å²) in [6.45, 7) is 11.5. The standard InChI is InChI=1S/C23H27N5O2.C19H23N5O.C14H16ClNO.C9H12N4O.K.H2O/c1-13-10-17(26-19-18(13)16(29)11-23(19)8-4-3-5-9-23)27-20-14(2)21(25-12-24-20)28-22(30)15-6-7-15;1-11-8-14(24-18-12(2)17(20)21-10-22-18)23-16-15(11)13(25)9-19(16)6-4-3-5-7-19;1-9-7-11(15)16-13-12(9)10(17)8-14(13)5-3-2-4-6-14;1-5-7(10)11-4-12-8(5)13-9(14)6-2-3-6;;/h10,12,15H,3-9,11H2,1-2H3,(H2,24,25,26,27,28,30);8,10H,3-7,9H2,1-2H3,(H3,20,21,22,23,24);7H,2-6,8H2,1H3;4,6H,2-3H2,1H3,(H3,10,11,12,13,14);;1H2/q;;;;+1;/p-1. The number of amides is 2. The van der Waals surface area contributed by atoms with Gasteiger partial charge in [-0.25, -0.2) is 44.9 Å². The average molecular weight is 1240 g/mol. The molecule has 6 aromatic rings. The molecule has 0 radical (unpaired) electrons. The van der Waals surface area contributed by atoms with Gasteiger partial charge in [-0.15, -0.1) is 0 Å². The van der Waals surface area contributed by atoms with Crippen molar-refractivity contribution in [3.8, 4) is 0 Å². The maximum absolute atomic E-state index is 12.8. The molecule has 8 aliphatic carbocycles. The number of rotatable bonds is 8. The number of nitrogen functional groups attached to an aromatic ring is 2. The van der Waals surface area contributed by atoms with Gasteiger partial charge in [0.2, 0.25) is 11.8 Å². The SMILES string of the molecule is Cc1c(N)ncnc1NC(=O)C1CC1.Cc1cc(Cl)nc2c1C(=O)CC21CCCCC1.Cc1cc(Nc2ncnc(N)c2C)nc2c1C(=O)CC21CCCCC1.Cc1cc(Nc2ncnc(NC(=O)C3CC3)c2C)nc2c1C(=O)CC21CCCCC1.[K+].[OH-]. The molecule has 6 aromatic heterocycles. The van der Waals surface area contributed by atoms with Crippen molar-refractivity contribution in [2.45, 2.75) is 199 Å². The predicted octanol–water partition coefficient (Wildman–Crippen LogP) is 9.35. The maximum atomic E-state index is 12.8. The molecule has 0 aliphatic heterocycles. The first-order chi connectivity index (χ1) is 41.3. The van der Waals surface area contributed by atoms with Gasteiger partial charge in [0.25, 0.3) is 0 Å². The second-order valence-corrected chi connectivity index (χ2v) is 25.7. The summed E-state index contributed by atoms with van der Waals surface area (Å²) in [4.78, 5) is 100. The second-order valence-electron chi connectivity index (χ2n) is 25.3. The third-order valence-corrected chi connectivity index (χ3v) is 19.3. The number of anilines is 8. The van der Waals surface area contributed by atoms with E-state index in [4.69, 9.17) is 33.0 Å². The van der Waals surface area contributed by atoms with Gasteiger partial charge < -0.3 is 38.2 Å². The van der Waals surface area contributed by atoms with Crippen molar-refractivity contribution in [1.29, 1.82) is 0 Å². The second kappa shape index (κ2) is 27.4. The zero-order chi connectivity index (χ0) is 60.7. The molecule has 0 aromatic carbocycles. The van der Waals surface area contributed by atoms with Gasteiger partial charge in [-0.05, 0) is 141 Å². The Morgan fingerprint density at radius 3 is 1.17 bits per heavy atom. The van der Waals surface area contributed by atoms with Crippen LogP contribution in [-0.2, 0) is 25.8 Å². The number of fused-ring (bicyclic) bond motifs is 6. The van der Waals surface area contributed by atoms with Crippen molar-refractivity contribution in [1.82, 2.24) is 44.9 Å². The van der Waals surface area contributed by atoms with Crippen LogP contribution in [0.3, 0.4) is 0 Å². The number of hydrogen-bond acceptors (Lipinski definition) is 19. The Bertz CT molecular complexity index is 3690. The molecule has 88 heavy (non-hydrogen) atoms. The fourth-order valence-corrected chi connectivity index (χ4v) is 14.2. The number of carbonyl (C=O) groups excluding carboxylic acids is 5. The van der Waals surface area contributed by atoms with Gasteiger partial charge in [-0.3, -0.25) is 24.0 Å². The van der Waals surface area contributed by atoms with Gasteiger partial charge >= 0.3 is 51.4 Å². The summed E-state index contributed by atoms with van der Waals surface area (Å²) >= 11 is 6.06. The van der Waals surface area contributed by atoms with Gasteiger partial charge in [-0.1, -0.05) is 69.4 Å². The third-order valence-electron chi connectivity index (χ3n) is 19.1. The van der Waals surface area contributed by atoms with Gasteiger partial charge in [0.05, 0.1) is 17.1 Å². The number of carbonyl (C=O) groups is 5. The molecule has 9 N–H and O–H groups in total. The molecule has 0 unspecified atom stereocenters. The minimum atomic E-state index is -0.1000. The van der Waals surface area contributed by atoms with Crippen LogP contribution < -0.4 is 84.1 Å². The van der Waals surface area contributed by atoms with Crippen LogP contribution in [0.4, 0.5) is 46.5 Å². The maximum Gasteiger partial charge on any atom is 1.00 e. The number of hydrogen-bond donors (Lipinski definition) is 6. The predicted molar refractivity (Wildman–Crippen MR) is 333 cm³/mol. The summed E-state index contributed by atoms with van der Waals surface area (Å²) in [7, 11) is 0. The van der Waals surface area contributed by atoms with E-state index in [2.05, 4.69) is 56.2 Å². The Kier molecular flexibility index (Phi) is 20.6. The Labute approximate surface area is 561 Å². The van der Waals surface area contributed by atoms with Gasteiger partial charge in [0, 0.05) is 80.7 Å². The normalized spacial score (nSPS) is 18.6. The fourth-order valence-electron chi connectivity index (χ4n) is 13.9. The average Bonchev–Trinajstić information content (AvgIpc) is 1.76. The molecule has 458 valence electrons. The number of halogens is 1. The molecule has 23 heteroatoms. The molecule has 14 rings (SSSR count). The quantitative estimate of drug-likeness (QED) is 0.0610. The van der Waals surface area contributed by atoms with E-state index in [0.717, 1.165) is 150 Å². The van der Waals surface area contributed by atoms with Crippen molar-refractivity contribution in [3.63, 3.8) is 0 Å². The van der Waals surface area contributed by atoms with E-state index in [1.807, 2.05) is 46.8 Å². The van der Waals surface area contributed by atoms with Crippen molar-refractivity contribution >= 4 is 87.3 Å². The minimum Gasteiger partial charge on any atom is -0.870 e. The summed E-state index contributed by atoms with van der Waals surface area (Å²) in [6, 6.07) is 5.65. The van der Waals surface area contributed by atoms with E-state index in [1.54, 1.807) is 13.0 Å². The zero-order valence-corrected chi connectivity index (χ0v) is 55.6. The molecule has 2 amide bonds. The smallest absolute Gasteiger partial charge is 0.870 e. The Balaban J connectivity index is 0.000000144. The van der Waals surface area contributed by atoms with Crippen LogP contribution >= 0.6 is 11.6 Å². The molecule has 0 atom stereocenters. The summed E-state index contributed by atoms with van der Waals surface area (Å²) in [5.41, 5.74) is 22.0. The monoisotopic (exact) mass is 1240 g/mol. The largest absolute Gasteiger partial charge is 1.00 e. The van der Waals surface area contributed by atoms with E-state index in [0.29, 0.717) is 65.1 Å². The number of Topliss-reactive ketones (excluding diaryl/α,β-unsaturated/α-hetero) is 3. The topological polar surface area (TPSA) is 332 Å². The van der Waals surface area contributed by atoms with Crippen molar-refractivity contribution in [2.75, 3.05) is 32.7 Å². The van der Waals surface area contributed by atoms with Crippen LogP contribution in [0.1, 0.15) is 223 Å². The Morgan fingerprint density at radius 1 is 0.466 bits per heavy atom. The summed E-state index contributed by atoms with van der Waals surface area (Å²) in [5, 5.41) is 12.8. The van der Waals surface area contributed by atoms with Gasteiger partial charge in [-0.2, -0.15) is 0 Å². The summed E-state index contributed by atoms with van der Waals surface area (Å²) in [5.74, 6) is 5.67. The first kappa shape index (κ1) is 66.2. The summed E-state index contributed by atoms with van der Waals surface area (Å²) < 4.78 is 0. The molecule has 0 bridgehead atoms. The van der Waals surface area contributed by atoms with Gasteiger partial charge in [0.15, 0.2) is 17.3 Å². The number of nitrogens with one attached hydrogen (secondary N) is 4. The molecule has 6 heterocycles. The van der Waals surface area contributed by atoms with Crippen LogP contribution in [0.25, 0.3) is 0 Å². The number of ketones is 3. The van der Waals surface area contributed by atoms with Crippen molar-refractivity contribution in [3.05, 3.63) is 109 Å². The number of nitrogens with two attached hydrogens (primary N) is 2. The Morgan fingerprint density at radius 2 is 0.784 bits per heavy atom. The molecule has 5 fully saturated rings. The third kappa shape index (κ3) is 13.9. The number of pyridine rings is 3. The van der Waals surface area contributed by atoms with Crippen LogP contribution in [0.2, 0.25) is 5.15 Å². The van der Waals surface area contributed by atoms with Crippen molar-refractivity contribution in [2.24, 2.45) is 11.8 Å². The van der Waals surface area contributed by atoms with Crippen LogP contribution in [0.15, 0.2) is 37.2 Å². The molecule has 5 saturated carbocycles. The van der Waals surface area contributed by atoms with E-state index in [-0.39, 0.29) is 114 Å². The van der Waals surface area contributed by atoms with Gasteiger partial charge in [0.1, 0.15) is 70.7 Å². The first-order valence-corrected chi connectivity index (χ1v) is 31.1. The van der Waals surface area contributed by atoms with E-state index >= 15 is 0 Å². The van der Waals surface area contributed by atoms with E-state index in [1.165, 1.54) is 63.9 Å². The van der Waals surface area contributed by atoms with E-state index in [9.17, 15) is 24.0 Å². The number of aromatic nitrogens is 9. The molecule has 21 nitrogen and oxygen atoms in total. The minimum absolute atomic E-state index is 0. The van der Waals surface area contributed by atoms with Crippen molar-refractivity contribution < 1.29 is 80.8 Å². The van der Waals surface area contributed by atoms with Crippen LogP contribution in [-0.4, -0.2) is 79.5 Å². The zero-order valence-electron chi connectivity index (χ0n) is 51.7. The van der Waals surface area contributed by atoms with Crippen LogP contribution in [0, 0.1) is 53.4 Å². The summed E-state index contributed by atoms with van der Waals surface area (Å²) in [6.07, 6.45) is 27.1. The van der Waals surface area contributed by atoms with Crippen LogP contribution in [0.5, 0.6) is 0 Å². The number of nitrogens with zero attached hydrogens (tertiary/aromatic N) is 9. The molecular formula is C65H79ClKN15O6. The van der Waals surface area contributed by atoms with E-state index < -0.39 is 0 Å². The number of aryl methyl sites for hydroxylation is 3. The Hall–Kier alpha value is -6.27. The molecule has 8 aliphatic rings. The molecule has 3 spiro atoms. The molecule has 0 saturated heterocycles. The first-order valence-electron chi connectivity index (χ1n) is 30.7. The molecular weight excluding hydrogens is 1160 g/mol. The fraction of sp³-hybridized carbons (Fsp3) is 0.508.